The van der Waals surface area contributed by atoms with E-state index < -0.39 is 0 Å². The Morgan fingerprint density at radius 3 is 2.82 bits per heavy atom. The van der Waals surface area contributed by atoms with E-state index in [-0.39, 0.29) is 5.91 Å². The first-order valence-electron chi connectivity index (χ1n) is 6.11. The third-order valence-electron chi connectivity index (χ3n) is 2.82. The molecule has 0 aliphatic rings. The monoisotopic (exact) mass is 234 g/mol. The van der Waals surface area contributed by atoms with E-state index in [1.54, 1.807) is 0 Å². The molecule has 3 heteroatoms. The van der Waals surface area contributed by atoms with Crippen molar-refractivity contribution in [3.05, 3.63) is 35.4 Å². The lowest BCUT2D eigenvalue weighted by atomic mass is 10.1. The number of likely N-dealkylation sites (N-methyl/N-ethyl adjacent to an activating group) is 1. The highest BCUT2D eigenvalue weighted by Crippen LogP contribution is 2.06. The second-order valence-corrected chi connectivity index (χ2v) is 4.48. The maximum absolute atomic E-state index is 11.6. The standard InChI is InChI=1S/C14H22N2O/c1-11-5-4-6-13(9-11)7-8-14(17)16-10-12(2)15-3/h4-6,9,12,15H,7-8,10H2,1-3H3,(H,16,17). The fourth-order valence-corrected chi connectivity index (χ4v) is 1.58. The van der Waals surface area contributed by atoms with E-state index in [2.05, 4.69) is 35.8 Å². The van der Waals surface area contributed by atoms with Gasteiger partial charge in [0.25, 0.3) is 0 Å². The number of carbonyl (C=O) groups excluding carboxylic acids is 1. The van der Waals surface area contributed by atoms with E-state index in [4.69, 9.17) is 0 Å². The van der Waals surface area contributed by atoms with E-state index >= 15 is 0 Å². The lowest BCUT2D eigenvalue weighted by Crippen LogP contribution is -2.37. The summed E-state index contributed by atoms with van der Waals surface area (Å²) in [5, 5.41) is 6.00. The number of nitrogens with one attached hydrogen (secondary N) is 2. The maximum Gasteiger partial charge on any atom is 0.220 e. The van der Waals surface area contributed by atoms with Gasteiger partial charge in [0.05, 0.1) is 0 Å². The van der Waals surface area contributed by atoms with Crippen molar-refractivity contribution in [2.45, 2.75) is 32.7 Å². The molecular formula is C14H22N2O. The molecule has 0 fully saturated rings. The lowest BCUT2D eigenvalue weighted by Gasteiger charge is -2.11. The molecule has 0 aliphatic heterocycles. The smallest absolute Gasteiger partial charge is 0.220 e. The van der Waals surface area contributed by atoms with Crippen molar-refractivity contribution in [1.29, 1.82) is 0 Å². The van der Waals surface area contributed by atoms with Crippen LogP contribution in [0.1, 0.15) is 24.5 Å². The SMILES string of the molecule is CNC(C)CNC(=O)CCc1cccc(C)c1. The normalized spacial score (nSPS) is 12.2. The van der Waals surface area contributed by atoms with E-state index in [1.807, 2.05) is 20.0 Å². The minimum Gasteiger partial charge on any atom is -0.355 e. The zero-order valence-corrected chi connectivity index (χ0v) is 10.9. The molecule has 0 radical (unpaired) electrons. The van der Waals surface area contributed by atoms with Crippen LogP contribution in [0.4, 0.5) is 0 Å². The average Bonchev–Trinajstić information content (AvgIpc) is 2.33. The number of rotatable bonds is 6. The van der Waals surface area contributed by atoms with E-state index in [1.165, 1.54) is 11.1 Å². The largest absolute Gasteiger partial charge is 0.355 e. The highest BCUT2D eigenvalue weighted by Gasteiger charge is 2.04. The third-order valence-corrected chi connectivity index (χ3v) is 2.82. The van der Waals surface area contributed by atoms with E-state index in [0.717, 1.165) is 6.42 Å². The molecule has 0 saturated carbocycles. The van der Waals surface area contributed by atoms with Gasteiger partial charge in [0.1, 0.15) is 0 Å². The van der Waals surface area contributed by atoms with Crippen LogP contribution in [0.2, 0.25) is 0 Å². The first-order valence-corrected chi connectivity index (χ1v) is 6.11. The average molecular weight is 234 g/mol. The van der Waals surface area contributed by atoms with Crippen molar-refractivity contribution in [2.24, 2.45) is 0 Å². The van der Waals surface area contributed by atoms with Crippen LogP contribution in [0.3, 0.4) is 0 Å². The summed E-state index contributed by atoms with van der Waals surface area (Å²) >= 11 is 0. The summed E-state index contributed by atoms with van der Waals surface area (Å²) in [7, 11) is 1.89. The summed E-state index contributed by atoms with van der Waals surface area (Å²) < 4.78 is 0. The van der Waals surface area contributed by atoms with Crippen molar-refractivity contribution in [3.8, 4) is 0 Å². The van der Waals surface area contributed by atoms with Gasteiger partial charge in [0.2, 0.25) is 5.91 Å². The highest BCUT2D eigenvalue weighted by molar-refractivity contribution is 5.76. The molecule has 2 N–H and O–H groups in total. The first kappa shape index (κ1) is 13.7. The molecule has 1 rings (SSSR count). The number of carbonyl (C=O) groups is 1. The van der Waals surface area contributed by atoms with Crippen LogP contribution in [0.15, 0.2) is 24.3 Å². The van der Waals surface area contributed by atoms with Crippen LogP contribution in [-0.2, 0) is 11.2 Å². The van der Waals surface area contributed by atoms with Gasteiger partial charge in [-0.1, -0.05) is 29.8 Å². The molecule has 1 amide bonds. The van der Waals surface area contributed by atoms with Crippen LogP contribution in [0.5, 0.6) is 0 Å². The minimum atomic E-state index is 0.119. The Morgan fingerprint density at radius 1 is 1.41 bits per heavy atom. The van der Waals surface area contributed by atoms with Gasteiger partial charge < -0.3 is 10.6 Å². The van der Waals surface area contributed by atoms with E-state index in [0.29, 0.717) is 19.0 Å². The minimum absolute atomic E-state index is 0.119. The Kier molecular flexibility index (Phi) is 5.70. The molecule has 1 unspecified atom stereocenters. The molecule has 1 aromatic rings. The third kappa shape index (κ3) is 5.50. The summed E-state index contributed by atoms with van der Waals surface area (Å²) in [6, 6.07) is 8.61. The van der Waals surface area contributed by atoms with Gasteiger partial charge in [-0.3, -0.25) is 4.79 Å². The number of aryl methyl sites for hydroxylation is 2. The molecule has 0 saturated heterocycles. The fraction of sp³-hybridized carbons (Fsp3) is 0.500. The quantitative estimate of drug-likeness (QED) is 0.786. The predicted octanol–water partition coefficient (Wildman–Crippen LogP) is 1.65. The van der Waals surface area contributed by atoms with Crippen molar-refractivity contribution >= 4 is 5.91 Å². The molecule has 1 atom stereocenters. The summed E-state index contributed by atoms with van der Waals surface area (Å²) in [5.74, 6) is 0.119. The molecule has 17 heavy (non-hydrogen) atoms. The first-order chi connectivity index (χ1) is 8.11. The Hall–Kier alpha value is -1.35. The second kappa shape index (κ2) is 7.07. The summed E-state index contributed by atoms with van der Waals surface area (Å²) in [5.41, 5.74) is 2.47. The molecule has 0 bridgehead atoms. The van der Waals surface area contributed by atoms with Gasteiger partial charge >= 0.3 is 0 Å². The Morgan fingerprint density at radius 2 is 2.18 bits per heavy atom. The zero-order valence-electron chi connectivity index (χ0n) is 10.9. The fourth-order valence-electron chi connectivity index (χ4n) is 1.58. The molecule has 94 valence electrons. The van der Waals surface area contributed by atoms with Crippen molar-refractivity contribution in [1.82, 2.24) is 10.6 Å². The zero-order chi connectivity index (χ0) is 12.7. The van der Waals surface area contributed by atoms with Crippen molar-refractivity contribution in [3.63, 3.8) is 0 Å². The number of hydrogen-bond donors (Lipinski definition) is 2. The van der Waals surface area contributed by atoms with Gasteiger partial charge in [-0.15, -0.1) is 0 Å². The summed E-state index contributed by atoms with van der Waals surface area (Å²) in [6.45, 7) is 4.79. The van der Waals surface area contributed by atoms with Gasteiger partial charge in [0, 0.05) is 19.0 Å². The van der Waals surface area contributed by atoms with E-state index in [9.17, 15) is 4.79 Å². The molecule has 0 aromatic heterocycles. The van der Waals surface area contributed by atoms with Crippen LogP contribution in [-0.4, -0.2) is 25.5 Å². The van der Waals surface area contributed by atoms with Crippen molar-refractivity contribution in [2.75, 3.05) is 13.6 Å². The second-order valence-electron chi connectivity index (χ2n) is 4.48. The van der Waals surface area contributed by atoms with Crippen LogP contribution < -0.4 is 10.6 Å². The highest BCUT2D eigenvalue weighted by atomic mass is 16.1. The Bertz CT molecular complexity index is 363. The van der Waals surface area contributed by atoms with Crippen LogP contribution in [0, 0.1) is 6.92 Å². The van der Waals surface area contributed by atoms with Gasteiger partial charge in [-0.2, -0.15) is 0 Å². The number of amides is 1. The molecule has 0 heterocycles. The van der Waals surface area contributed by atoms with Gasteiger partial charge in [-0.05, 0) is 32.9 Å². The van der Waals surface area contributed by atoms with Gasteiger partial charge in [-0.25, -0.2) is 0 Å². The molecular weight excluding hydrogens is 212 g/mol. The topological polar surface area (TPSA) is 41.1 Å². The maximum atomic E-state index is 11.6. The Labute approximate surface area is 104 Å². The summed E-state index contributed by atoms with van der Waals surface area (Å²) in [4.78, 5) is 11.6. The lowest BCUT2D eigenvalue weighted by molar-refractivity contribution is -0.121. The van der Waals surface area contributed by atoms with Gasteiger partial charge in [0.15, 0.2) is 0 Å². The molecule has 1 aromatic carbocycles. The molecule has 0 aliphatic carbocycles. The number of hydrogen-bond acceptors (Lipinski definition) is 2. The predicted molar refractivity (Wildman–Crippen MR) is 71.0 cm³/mol. The van der Waals surface area contributed by atoms with Crippen molar-refractivity contribution < 1.29 is 4.79 Å². The summed E-state index contributed by atoms with van der Waals surface area (Å²) in [6.07, 6.45) is 1.36. The van der Waals surface area contributed by atoms with Crippen LogP contribution >= 0.6 is 0 Å². The molecule has 0 spiro atoms. The number of benzene rings is 1. The molecule has 3 nitrogen and oxygen atoms in total. The van der Waals surface area contributed by atoms with Crippen LogP contribution in [0.25, 0.3) is 0 Å². The Balaban J connectivity index is 2.28.